The molecule has 7 nitrogen and oxygen atoms in total. The highest BCUT2D eigenvalue weighted by atomic mass is 16.1. The van der Waals surface area contributed by atoms with Crippen LogP contribution in [0.2, 0.25) is 0 Å². The van der Waals surface area contributed by atoms with Crippen LogP contribution in [-0.4, -0.2) is 26.1 Å². The average Bonchev–Trinajstić information content (AvgIpc) is 3.17. The van der Waals surface area contributed by atoms with Crippen molar-refractivity contribution in [1.82, 2.24) is 20.2 Å². The SMILES string of the molecule is NCc1nc(-c2ccc(NC(=O)c3ccc4cnccc4c3)cc2)n[nH]1. The van der Waals surface area contributed by atoms with Crippen molar-refractivity contribution in [2.75, 3.05) is 5.32 Å². The Morgan fingerprint density at radius 3 is 2.69 bits per heavy atom. The molecule has 0 fully saturated rings. The minimum absolute atomic E-state index is 0.167. The Labute approximate surface area is 149 Å². The summed E-state index contributed by atoms with van der Waals surface area (Å²) < 4.78 is 0. The molecule has 0 aliphatic rings. The molecule has 2 heterocycles. The minimum atomic E-state index is -0.167. The van der Waals surface area contributed by atoms with Crippen LogP contribution >= 0.6 is 0 Å². The largest absolute Gasteiger partial charge is 0.324 e. The van der Waals surface area contributed by atoms with Gasteiger partial charge in [-0.25, -0.2) is 4.98 Å². The number of hydrogen-bond donors (Lipinski definition) is 3. The highest BCUT2D eigenvalue weighted by Crippen LogP contribution is 2.19. The molecule has 0 radical (unpaired) electrons. The van der Waals surface area contributed by atoms with E-state index in [-0.39, 0.29) is 5.91 Å². The molecule has 128 valence electrons. The summed E-state index contributed by atoms with van der Waals surface area (Å²) in [6.45, 7) is 0.308. The number of carbonyl (C=O) groups excluding carboxylic acids is 1. The first-order valence-corrected chi connectivity index (χ1v) is 8.10. The zero-order valence-electron chi connectivity index (χ0n) is 13.8. The fourth-order valence-corrected chi connectivity index (χ4v) is 2.65. The second kappa shape index (κ2) is 6.73. The number of nitrogens with zero attached hydrogens (tertiary/aromatic N) is 3. The standard InChI is InChI=1S/C19H16N6O/c20-10-17-23-18(25-24-17)12-3-5-16(6-4-12)22-19(26)14-1-2-15-11-21-8-7-13(15)9-14/h1-9,11H,10,20H2,(H,22,26)(H,23,24,25). The van der Waals surface area contributed by atoms with E-state index in [4.69, 9.17) is 5.73 Å². The molecule has 7 heteroatoms. The van der Waals surface area contributed by atoms with E-state index < -0.39 is 0 Å². The third kappa shape index (κ3) is 3.15. The quantitative estimate of drug-likeness (QED) is 0.527. The van der Waals surface area contributed by atoms with Gasteiger partial charge < -0.3 is 11.1 Å². The van der Waals surface area contributed by atoms with Crippen LogP contribution < -0.4 is 11.1 Å². The van der Waals surface area contributed by atoms with E-state index in [1.165, 1.54) is 0 Å². The van der Waals surface area contributed by atoms with Crippen molar-refractivity contribution in [3.8, 4) is 11.4 Å². The number of benzene rings is 2. The van der Waals surface area contributed by atoms with Gasteiger partial charge in [0.1, 0.15) is 5.82 Å². The third-order valence-electron chi connectivity index (χ3n) is 4.03. The first-order chi connectivity index (χ1) is 12.7. The van der Waals surface area contributed by atoms with Crippen LogP contribution in [0.5, 0.6) is 0 Å². The maximum absolute atomic E-state index is 12.5. The third-order valence-corrected chi connectivity index (χ3v) is 4.03. The highest BCUT2D eigenvalue weighted by Gasteiger charge is 2.09. The van der Waals surface area contributed by atoms with Gasteiger partial charge in [-0.1, -0.05) is 6.07 Å². The number of aromatic amines is 1. The number of aromatic nitrogens is 4. The summed E-state index contributed by atoms with van der Waals surface area (Å²) in [5.41, 5.74) is 7.66. The molecule has 0 spiro atoms. The van der Waals surface area contributed by atoms with E-state index in [1.54, 1.807) is 18.5 Å². The lowest BCUT2D eigenvalue weighted by molar-refractivity contribution is 0.102. The molecule has 0 unspecified atom stereocenters. The van der Waals surface area contributed by atoms with Gasteiger partial charge in [0.15, 0.2) is 5.82 Å². The normalized spacial score (nSPS) is 10.8. The maximum Gasteiger partial charge on any atom is 0.255 e. The van der Waals surface area contributed by atoms with Crippen molar-refractivity contribution >= 4 is 22.4 Å². The highest BCUT2D eigenvalue weighted by molar-refractivity contribution is 6.06. The van der Waals surface area contributed by atoms with Gasteiger partial charge in [-0.3, -0.25) is 14.9 Å². The van der Waals surface area contributed by atoms with Crippen LogP contribution in [0.25, 0.3) is 22.2 Å². The van der Waals surface area contributed by atoms with E-state index in [9.17, 15) is 4.79 Å². The second-order valence-corrected chi connectivity index (χ2v) is 5.78. The zero-order valence-corrected chi connectivity index (χ0v) is 13.8. The summed E-state index contributed by atoms with van der Waals surface area (Å²) in [7, 11) is 0. The van der Waals surface area contributed by atoms with Crippen molar-refractivity contribution in [2.24, 2.45) is 5.73 Å². The Balaban J connectivity index is 1.51. The predicted molar refractivity (Wildman–Crippen MR) is 99.4 cm³/mol. The molecule has 4 N–H and O–H groups in total. The van der Waals surface area contributed by atoms with Crippen LogP contribution in [0.1, 0.15) is 16.2 Å². The molecule has 26 heavy (non-hydrogen) atoms. The zero-order chi connectivity index (χ0) is 17.9. The van der Waals surface area contributed by atoms with E-state index in [0.717, 1.165) is 16.3 Å². The van der Waals surface area contributed by atoms with Gasteiger partial charge in [-0.05, 0) is 47.9 Å². The van der Waals surface area contributed by atoms with E-state index in [1.807, 2.05) is 42.5 Å². The molecule has 0 aliphatic heterocycles. The Morgan fingerprint density at radius 1 is 1.08 bits per heavy atom. The average molecular weight is 344 g/mol. The number of carbonyl (C=O) groups is 1. The van der Waals surface area contributed by atoms with E-state index in [0.29, 0.717) is 29.4 Å². The Bertz CT molecular complexity index is 1070. The Morgan fingerprint density at radius 2 is 1.92 bits per heavy atom. The van der Waals surface area contributed by atoms with Crippen LogP contribution in [0.15, 0.2) is 60.9 Å². The predicted octanol–water partition coefficient (Wildman–Crippen LogP) is 2.73. The topological polar surface area (TPSA) is 110 Å². The number of pyridine rings is 1. The summed E-state index contributed by atoms with van der Waals surface area (Å²) in [6.07, 6.45) is 3.48. The van der Waals surface area contributed by atoms with Crippen LogP contribution in [0.3, 0.4) is 0 Å². The van der Waals surface area contributed by atoms with Crippen LogP contribution in [0, 0.1) is 0 Å². The number of fused-ring (bicyclic) bond motifs is 1. The van der Waals surface area contributed by atoms with Crippen molar-refractivity contribution in [2.45, 2.75) is 6.54 Å². The monoisotopic (exact) mass is 344 g/mol. The van der Waals surface area contributed by atoms with Crippen molar-refractivity contribution < 1.29 is 4.79 Å². The molecular formula is C19H16N6O. The molecule has 2 aromatic heterocycles. The molecule has 4 rings (SSSR count). The first-order valence-electron chi connectivity index (χ1n) is 8.10. The number of nitrogens with one attached hydrogen (secondary N) is 2. The number of nitrogens with two attached hydrogens (primary N) is 1. The van der Waals surface area contributed by atoms with Crippen molar-refractivity contribution in [1.29, 1.82) is 0 Å². The van der Waals surface area contributed by atoms with Gasteiger partial charge in [0.25, 0.3) is 5.91 Å². The lowest BCUT2D eigenvalue weighted by Gasteiger charge is -2.07. The summed E-state index contributed by atoms with van der Waals surface area (Å²) in [5.74, 6) is 1.04. The number of amides is 1. The smallest absolute Gasteiger partial charge is 0.255 e. The van der Waals surface area contributed by atoms with Crippen molar-refractivity contribution in [3.05, 3.63) is 72.3 Å². The number of H-pyrrole nitrogens is 1. The van der Waals surface area contributed by atoms with Crippen LogP contribution in [0.4, 0.5) is 5.69 Å². The van der Waals surface area contributed by atoms with Crippen LogP contribution in [-0.2, 0) is 6.54 Å². The van der Waals surface area contributed by atoms with Crippen molar-refractivity contribution in [3.63, 3.8) is 0 Å². The van der Waals surface area contributed by atoms with Gasteiger partial charge in [0.05, 0.1) is 6.54 Å². The molecule has 0 aliphatic carbocycles. The van der Waals surface area contributed by atoms with Gasteiger partial charge in [0.2, 0.25) is 0 Å². The van der Waals surface area contributed by atoms with Gasteiger partial charge in [-0.15, -0.1) is 0 Å². The molecule has 0 atom stereocenters. The Hall–Kier alpha value is -3.58. The molecule has 1 amide bonds. The molecule has 0 saturated heterocycles. The summed E-state index contributed by atoms with van der Waals surface area (Å²) in [4.78, 5) is 20.8. The fraction of sp³-hybridized carbons (Fsp3) is 0.0526. The molecule has 2 aromatic carbocycles. The van der Waals surface area contributed by atoms with E-state index >= 15 is 0 Å². The lowest BCUT2D eigenvalue weighted by Crippen LogP contribution is -2.11. The van der Waals surface area contributed by atoms with Gasteiger partial charge >= 0.3 is 0 Å². The molecule has 0 saturated carbocycles. The summed E-state index contributed by atoms with van der Waals surface area (Å²) in [6, 6.07) is 14.7. The summed E-state index contributed by atoms with van der Waals surface area (Å²) in [5, 5.41) is 11.8. The second-order valence-electron chi connectivity index (χ2n) is 5.78. The minimum Gasteiger partial charge on any atom is -0.324 e. The fourth-order valence-electron chi connectivity index (χ4n) is 2.65. The molecule has 0 bridgehead atoms. The van der Waals surface area contributed by atoms with E-state index in [2.05, 4.69) is 25.5 Å². The summed E-state index contributed by atoms with van der Waals surface area (Å²) >= 11 is 0. The number of hydrogen-bond acceptors (Lipinski definition) is 5. The molecule has 4 aromatic rings. The molecular weight excluding hydrogens is 328 g/mol. The lowest BCUT2D eigenvalue weighted by atomic mass is 10.1. The number of anilines is 1. The van der Waals surface area contributed by atoms with Gasteiger partial charge in [-0.2, -0.15) is 5.10 Å². The Kier molecular flexibility index (Phi) is 4.12. The maximum atomic E-state index is 12.5. The number of rotatable bonds is 4. The van der Waals surface area contributed by atoms with Gasteiger partial charge in [0, 0.05) is 34.6 Å². The first kappa shape index (κ1) is 15.9.